The molecule has 1 aliphatic rings. The number of rotatable bonds is 4. The van der Waals surface area contributed by atoms with Crippen molar-refractivity contribution in [3.63, 3.8) is 0 Å². The molecule has 0 radical (unpaired) electrons. The third-order valence-corrected chi connectivity index (χ3v) is 4.74. The zero-order valence-corrected chi connectivity index (χ0v) is 14.5. The lowest BCUT2D eigenvalue weighted by Gasteiger charge is -2.31. The van der Waals surface area contributed by atoms with Crippen molar-refractivity contribution in [2.75, 3.05) is 26.7 Å². The van der Waals surface area contributed by atoms with Crippen molar-refractivity contribution in [2.45, 2.75) is 25.5 Å². The quantitative estimate of drug-likeness (QED) is 0.862. The van der Waals surface area contributed by atoms with E-state index in [0.29, 0.717) is 44.2 Å². The summed E-state index contributed by atoms with van der Waals surface area (Å²) in [5.41, 5.74) is 1.79. The van der Waals surface area contributed by atoms with E-state index < -0.39 is 0 Å². The number of benzene rings is 1. The number of hydrogen-bond donors (Lipinski definition) is 1. The van der Waals surface area contributed by atoms with E-state index in [0.717, 1.165) is 16.5 Å². The Bertz CT molecular complexity index is 729. The zero-order valence-electron chi connectivity index (χ0n) is 13.8. The Labute approximate surface area is 146 Å². The smallest absolute Gasteiger partial charge is 0.236 e. The standard InChI is InChI=1S/C18H22ClN3O2/c1-21(12-17(24)22-8-6-15(23)7-9-22)11-14-10-13-4-2-3-5-16(13)20-18(14)19/h2-5,10,15,23H,6-9,11-12H2,1H3. The minimum atomic E-state index is -0.269. The average Bonchev–Trinajstić information content (AvgIpc) is 2.56. The molecule has 1 amide bonds. The summed E-state index contributed by atoms with van der Waals surface area (Å²) in [5, 5.41) is 11.1. The molecule has 1 aliphatic heterocycles. The number of aliphatic hydroxyl groups is 1. The molecule has 1 N–H and O–H groups in total. The number of para-hydroxylation sites is 1. The summed E-state index contributed by atoms with van der Waals surface area (Å²) in [6.07, 6.45) is 1.06. The number of aromatic nitrogens is 1. The second kappa shape index (κ2) is 7.47. The molecular weight excluding hydrogens is 326 g/mol. The Morgan fingerprint density at radius 3 is 2.83 bits per heavy atom. The molecule has 24 heavy (non-hydrogen) atoms. The summed E-state index contributed by atoms with van der Waals surface area (Å²) in [6, 6.07) is 9.88. The van der Waals surface area contributed by atoms with Crippen molar-refractivity contribution in [3.8, 4) is 0 Å². The van der Waals surface area contributed by atoms with Gasteiger partial charge in [-0.05, 0) is 32.0 Å². The van der Waals surface area contributed by atoms with E-state index in [9.17, 15) is 9.90 Å². The van der Waals surface area contributed by atoms with E-state index >= 15 is 0 Å². The van der Waals surface area contributed by atoms with E-state index in [-0.39, 0.29) is 12.0 Å². The van der Waals surface area contributed by atoms with Gasteiger partial charge in [-0.15, -0.1) is 0 Å². The SMILES string of the molecule is CN(CC(=O)N1CCC(O)CC1)Cc1cc2ccccc2nc1Cl. The van der Waals surface area contributed by atoms with Crippen LogP contribution in [0.25, 0.3) is 10.9 Å². The largest absolute Gasteiger partial charge is 0.393 e. The molecule has 1 aromatic carbocycles. The number of carbonyl (C=O) groups excluding carboxylic acids is 1. The minimum absolute atomic E-state index is 0.0919. The van der Waals surface area contributed by atoms with Crippen LogP contribution in [-0.4, -0.2) is 58.6 Å². The van der Waals surface area contributed by atoms with Gasteiger partial charge in [-0.1, -0.05) is 29.8 Å². The Morgan fingerprint density at radius 1 is 1.38 bits per heavy atom. The summed E-state index contributed by atoms with van der Waals surface area (Å²) in [4.78, 5) is 20.6. The topological polar surface area (TPSA) is 56.7 Å². The number of halogens is 1. The van der Waals surface area contributed by atoms with Gasteiger partial charge in [-0.3, -0.25) is 9.69 Å². The summed E-state index contributed by atoms with van der Waals surface area (Å²) in [7, 11) is 1.90. The maximum atomic E-state index is 12.4. The molecule has 0 aliphatic carbocycles. The summed E-state index contributed by atoms with van der Waals surface area (Å²) < 4.78 is 0. The Balaban J connectivity index is 1.63. The van der Waals surface area contributed by atoms with Gasteiger partial charge in [0.1, 0.15) is 5.15 Å². The minimum Gasteiger partial charge on any atom is -0.393 e. The molecular formula is C18H22ClN3O2. The van der Waals surface area contributed by atoms with Crippen LogP contribution in [0.4, 0.5) is 0 Å². The predicted molar refractivity (Wildman–Crippen MR) is 94.9 cm³/mol. The van der Waals surface area contributed by atoms with Gasteiger partial charge < -0.3 is 10.0 Å². The maximum Gasteiger partial charge on any atom is 0.236 e. The van der Waals surface area contributed by atoms with Gasteiger partial charge in [-0.2, -0.15) is 0 Å². The lowest BCUT2D eigenvalue weighted by molar-refractivity contribution is -0.134. The van der Waals surface area contributed by atoms with Gasteiger partial charge >= 0.3 is 0 Å². The van der Waals surface area contributed by atoms with Crippen LogP contribution in [0.1, 0.15) is 18.4 Å². The summed E-state index contributed by atoms with van der Waals surface area (Å²) >= 11 is 6.29. The molecule has 0 atom stereocenters. The molecule has 3 rings (SSSR count). The average molecular weight is 348 g/mol. The molecule has 2 aromatic rings. The van der Waals surface area contributed by atoms with Crippen LogP contribution in [0, 0.1) is 0 Å². The van der Waals surface area contributed by atoms with Crippen LogP contribution in [0.3, 0.4) is 0 Å². The van der Waals surface area contributed by atoms with Crippen molar-refractivity contribution in [1.29, 1.82) is 0 Å². The third-order valence-electron chi connectivity index (χ3n) is 4.41. The Kier molecular flexibility index (Phi) is 5.33. The van der Waals surface area contributed by atoms with Gasteiger partial charge in [0.25, 0.3) is 0 Å². The number of likely N-dealkylation sites (N-methyl/N-ethyl adjacent to an activating group) is 1. The van der Waals surface area contributed by atoms with Gasteiger partial charge in [0.2, 0.25) is 5.91 Å². The molecule has 0 unspecified atom stereocenters. The number of pyridine rings is 1. The number of nitrogens with zero attached hydrogens (tertiary/aromatic N) is 3. The number of hydrogen-bond acceptors (Lipinski definition) is 4. The summed E-state index contributed by atoms with van der Waals surface area (Å²) in [6.45, 7) is 2.16. The van der Waals surface area contributed by atoms with E-state index in [1.54, 1.807) is 0 Å². The highest BCUT2D eigenvalue weighted by atomic mass is 35.5. The molecule has 0 saturated carbocycles. The predicted octanol–water partition coefficient (Wildman–Crippen LogP) is 2.30. The van der Waals surface area contributed by atoms with Crippen LogP contribution in [-0.2, 0) is 11.3 Å². The number of carbonyl (C=O) groups is 1. The molecule has 6 heteroatoms. The van der Waals surface area contributed by atoms with Crippen LogP contribution in [0.15, 0.2) is 30.3 Å². The van der Waals surface area contributed by atoms with E-state index in [4.69, 9.17) is 11.6 Å². The third kappa shape index (κ3) is 4.04. The molecule has 1 aromatic heterocycles. The highest BCUT2D eigenvalue weighted by Gasteiger charge is 2.22. The van der Waals surface area contributed by atoms with Crippen LogP contribution >= 0.6 is 11.6 Å². The molecule has 5 nitrogen and oxygen atoms in total. The molecule has 128 valence electrons. The van der Waals surface area contributed by atoms with Crippen molar-refractivity contribution >= 4 is 28.4 Å². The van der Waals surface area contributed by atoms with Crippen molar-refractivity contribution in [2.24, 2.45) is 0 Å². The van der Waals surface area contributed by atoms with E-state index in [1.165, 1.54) is 0 Å². The monoisotopic (exact) mass is 347 g/mol. The normalized spacial score (nSPS) is 16.1. The van der Waals surface area contributed by atoms with Gasteiger partial charge in [0, 0.05) is 30.6 Å². The first kappa shape index (κ1) is 17.1. The maximum absolute atomic E-state index is 12.4. The van der Waals surface area contributed by atoms with Crippen molar-refractivity contribution in [1.82, 2.24) is 14.8 Å². The number of fused-ring (bicyclic) bond motifs is 1. The van der Waals surface area contributed by atoms with Crippen molar-refractivity contribution < 1.29 is 9.90 Å². The first-order valence-electron chi connectivity index (χ1n) is 8.21. The van der Waals surface area contributed by atoms with Crippen molar-refractivity contribution in [3.05, 3.63) is 41.0 Å². The van der Waals surface area contributed by atoms with Crippen LogP contribution in [0.2, 0.25) is 5.15 Å². The molecule has 1 saturated heterocycles. The molecule has 1 fully saturated rings. The van der Waals surface area contributed by atoms with Gasteiger partial charge in [0.15, 0.2) is 0 Å². The van der Waals surface area contributed by atoms with Crippen LogP contribution < -0.4 is 0 Å². The second-order valence-electron chi connectivity index (χ2n) is 6.42. The van der Waals surface area contributed by atoms with Gasteiger partial charge in [0.05, 0.1) is 18.2 Å². The van der Waals surface area contributed by atoms with E-state index in [2.05, 4.69) is 4.98 Å². The lowest BCUT2D eigenvalue weighted by atomic mass is 10.1. The van der Waals surface area contributed by atoms with Crippen LogP contribution in [0.5, 0.6) is 0 Å². The number of likely N-dealkylation sites (tertiary alicyclic amines) is 1. The molecule has 2 heterocycles. The zero-order chi connectivity index (χ0) is 17.1. The molecule has 0 spiro atoms. The molecule has 0 bridgehead atoms. The Hall–Kier alpha value is -1.69. The number of aliphatic hydroxyl groups excluding tert-OH is 1. The fourth-order valence-corrected chi connectivity index (χ4v) is 3.25. The Morgan fingerprint density at radius 2 is 2.08 bits per heavy atom. The second-order valence-corrected chi connectivity index (χ2v) is 6.77. The van der Waals surface area contributed by atoms with Gasteiger partial charge in [-0.25, -0.2) is 4.98 Å². The number of piperidine rings is 1. The fraction of sp³-hybridized carbons (Fsp3) is 0.444. The highest BCUT2D eigenvalue weighted by molar-refractivity contribution is 6.30. The lowest BCUT2D eigenvalue weighted by Crippen LogP contribution is -2.44. The first-order valence-corrected chi connectivity index (χ1v) is 8.59. The first-order chi connectivity index (χ1) is 11.5. The fourth-order valence-electron chi connectivity index (χ4n) is 3.04. The summed E-state index contributed by atoms with van der Waals surface area (Å²) in [5.74, 6) is 0.0919. The van der Waals surface area contributed by atoms with E-state index in [1.807, 2.05) is 47.2 Å². The number of amides is 1. The highest BCUT2D eigenvalue weighted by Crippen LogP contribution is 2.21.